The second-order valence-corrected chi connectivity index (χ2v) is 4.57. The highest BCUT2D eigenvalue weighted by Crippen LogP contribution is 2.11. The van der Waals surface area contributed by atoms with Gasteiger partial charge < -0.3 is 5.73 Å². The van der Waals surface area contributed by atoms with Crippen LogP contribution in [0.4, 0.5) is 0 Å². The van der Waals surface area contributed by atoms with Crippen molar-refractivity contribution in [2.24, 2.45) is 15.9 Å². The zero-order valence-electron chi connectivity index (χ0n) is 11.5. The molecule has 0 atom stereocenters. The second-order valence-electron chi connectivity index (χ2n) is 4.57. The molecule has 0 spiro atoms. The minimum Gasteiger partial charge on any atom is -0.326 e. The Morgan fingerprint density at radius 1 is 0.950 bits per heavy atom. The van der Waals surface area contributed by atoms with Gasteiger partial charge in [-0.2, -0.15) is 10.2 Å². The van der Waals surface area contributed by atoms with E-state index in [0.29, 0.717) is 6.54 Å². The van der Waals surface area contributed by atoms with Gasteiger partial charge in [0.2, 0.25) is 0 Å². The zero-order chi connectivity index (χ0) is 14.2. The van der Waals surface area contributed by atoms with Gasteiger partial charge in [-0.05, 0) is 29.5 Å². The van der Waals surface area contributed by atoms with Gasteiger partial charge in [0.1, 0.15) is 0 Å². The third-order valence-electron chi connectivity index (χ3n) is 3.21. The summed E-state index contributed by atoms with van der Waals surface area (Å²) >= 11 is 0. The van der Waals surface area contributed by atoms with E-state index in [-0.39, 0.29) is 0 Å². The Bertz CT molecular complexity index is 571. The van der Waals surface area contributed by atoms with Crippen molar-refractivity contribution < 1.29 is 0 Å². The molecule has 102 valence electrons. The standard InChI is InChI=1S/C17H19N3/c1-19-20-17(12-9-14-5-3-2-4-6-14)16-10-7-15(13-18)8-11-16/h2-8,10-11H,1,9,12-13,18H2/b20-17+. The van der Waals surface area contributed by atoms with E-state index in [0.717, 1.165) is 29.7 Å². The fraction of sp³-hybridized carbons (Fsp3) is 0.176. The van der Waals surface area contributed by atoms with Gasteiger partial charge in [0.25, 0.3) is 0 Å². The van der Waals surface area contributed by atoms with E-state index in [1.54, 1.807) is 0 Å². The van der Waals surface area contributed by atoms with Crippen LogP contribution in [0.3, 0.4) is 0 Å². The minimum absolute atomic E-state index is 0.552. The molecule has 0 aromatic heterocycles. The molecule has 2 aromatic carbocycles. The van der Waals surface area contributed by atoms with Crippen LogP contribution in [0, 0.1) is 0 Å². The van der Waals surface area contributed by atoms with Gasteiger partial charge in [-0.3, -0.25) is 0 Å². The maximum Gasteiger partial charge on any atom is 0.0705 e. The predicted octanol–water partition coefficient (Wildman–Crippen LogP) is 3.18. The fourth-order valence-electron chi connectivity index (χ4n) is 2.08. The molecule has 0 fully saturated rings. The number of aryl methyl sites for hydroxylation is 1. The van der Waals surface area contributed by atoms with E-state index in [1.807, 2.05) is 42.5 Å². The molecule has 2 rings (SSSR count). The summed E-state index contributed by atoms with van der Waals surface area (Å²) in [6, 6.07) is 18.5. The van der Waals surface area contributed by atoms with Crippen LogP contribution in [0.2, 0.25) is 0 Å². The quantitative estimate of drug-likeness (QED) is 0.633. The molecule has 3 heteroatoms. The SMILES string of the molecule is C=N/N=C(\CCc1ccccc1)c1ccc(CN)cc1. The lowest BCUT2D eigenvalue weighted by Crippen LogP contribution is -2.04. The van der Waals surface area contributed by atoms with E-state index in [9.17, 15) is 0 Å². The summed E-state index contributed by atoms with van der Waals surface area (Å²) < 4.78 is 0. The maximum atomic E-state index is 5.61. The van der Waals surface area contributed by atoms with Gasteiger partial charge in [0, 0.05) is 13.3 Å². The van der Waals surface area contributed by atoms with Crippen molar-refractivity contribution in [1.82, 2.24) is 0 Å². The smallest absolute Gasteiger partial charge is 0.0705 e. The number of nitrogens with zero attached hydrogens (tertiary/aromatic N) is 2. The molecule has 0 saturated heterocycles. The molecule has 0 radical (unpaired) electrons. The van der Waals surface area contributed by atoms with Crippen molar-refractivity contribution in [3.8, 4) is 0 Å². The highest BCUT2D eigenvalue weighted by atomic mass is 15.2. The van der Waals surface area contributed by atoms with Crippen LogP contribution in [-0.4, -0.2) is 12.4 Å². The van der Waals surface area contributed by atoms with Crippen LogP contribution in [0.1, 0.15) is 23.1 Å². The molecule has 0 heterocycles. The third-order valence-corrected chi connectivity index (χ3v) is 3.21. The minimum atomic E-state index is 0.552. The molecular weight excluding hydrogens is 246 g/mol. The summed E-state index contributed by atoms with van der Waals surface area (Å²) in [7, 11) is 0. The lowest BCUT2D eigenvalue weighted by Gasteiger charge is -2.06. The van der Waals surface area contributed by atoms with Crippen molar-refractivity contribution >= 4 is 12.4 Å². The molecule has 0 aliphatic carbocycles. The molecule has 0 aliphatic rings. The van der Waals surface area contributed by atoms with Crippen molar-refractivity contribution in [2.75, 3.05) is 0 Å². The van der Waals surface area contributed by atoms with Gasteiger partial charge in [-0.1, -0.05) is 54.6 Å². The number of hydrogen-bond acceptors (Lipinski definition) is 3. The topological polar surface area (TPSA) is 50.7 Å². The van der Waals surface area contributed by atoms with E-state index < -0.39 is 0 Å². The first-order valence-electron chi connectivity index (χ1n) is 6.69. The number of hydrogen-bond donors (Lipinski definition) is 1. The highest BCUT2D eigenvalue weighted by molar-refractivity contribution is 6.00. The average Bonchev–Trinajstić information content (AvgIpc) is 2.52. The number of benzene rings is 2. The van der Waals surface area contributed by atoms with Crippen LogP contribution >= 0.6 is 0 Å². The molecule has 0 aliphatic heterocycles. The third kappa shape index (κ3) is 3.87. The van der Waals surface area contributed by atoms with E-state index in [2.05, 4.69) is 29.1 Å². The Kier molecular flexibility index (Phi) is 5.21. The zero-order valence-corrected chi connectivity index (χ0v) is 11.5. The second kappa shape index (κ2) is 7.36. The molecule has 20 heavy (non-hydrogen) atoms. The molecule has 3 nitrogen and oxygen atoms in total. The average molecular weight is 265 g/mol. The van der Waals surface area contributed by atoms with Crippen molar-refractivity contribution in [3.63, 3.8) is 0 Å². The number of rotatable bonds is 6. The van der Waals surface area contributed by atoms with Gasteiger partial charge in [0.05, 0.1) is 5.71 Å². The van der Waals surface area contributed by atoms with Crippen LogP contribution < -0.4 is 5.73 Å². The van der Waals surface area contributed by atoms with Crippen LogP contribution in [0.15, 0.2) is 64.8 Å². The van der Waals surface area contributed by atoms with Crippen molar-refractivity contribution in [1.29, 1.82) is 0 Å². The van der Waals surface area contributed by atoms with Gasteiger partial charge in [0.15, 0.2) is 0 Å². The Hall–Kier alpha value is -2.26. The highest BCUT2D eigenvalue weighted by Gasteiger charge is 2.04. The summed E-state index contributed by atoms with van der Waals surface area (Å²) in [5.74, 6) is 0. The van der Waals surface area contributed by atoms with E-state index in [4.69, 9.17) is 5.73 Å². The fourth-order valence-corrected chi connectivity index (χ4v) is 2.08. The summed E-state index contributed by atoms with van der Waals surface area (Å²) in [4.78, 5) is 0. The first kappa shape index (κ1) is 14.2. The Morgan fingerprint density at radius 3 is 2.25 bits per heavy atom. The summed E-state index contributed by atoms with van der Waals surface area (Å²) in [5.41, 5.74) is 10.0. The molecule has 0 unspecified atom stereocenters. The van der Waals surface area contributed by atoms with Crippen LogP contribution in [-0.2, 0) is 13.0 Å². The normalized spacial score (nSPS) is 11.3. The van der Waals surface area contributed by atoms with Crippen LogP contribution in [0.25, 0.3) is 0 Å². The van der Waals surface area contributed by atoms with Crippen molar-refractivity contribution in [2.45, 2.75) is 19.4 Å². The predicted molar refractivity (Wildman–Crippen MR) is 85.2 cm³/mol. The van der Waals surface area contributed by atoms with Gasteiger partial charge in [-0.25, -0.2) is 0 Å². The molecule has 2 N–H and O–H groups in total. The van der Waals surface area contributed by atoms with Crippen LogP contribution in [0.5, 0.6) is 0 Å². The Labute approximate surface area is 119 Å². The largest absolute Gasteiger partial charge is 0.326 e. The van der Waals surface area contributed by atoms with Gasteiger partial charge >= 0.3 is 0 Å². The molecular formula is C17H19N3. The first-order valence-corrected chi connectivity index (χ1v) is 6.69. The Balaban J connectivity index is 2.10. The molecule has 0 amide bonds. The summed E-state index contributed by atoms with van der Waals surface area (Å²) in [5, 5.41) is 7.84. The monoisotopic (exact) mass is 265 g/mol. The van der Waals surface area contributed by atoms with E-state index in [1.165, 1.54) is 5.56 Å². The summed E-state index contributed by atoms with van der Waals surface area (Å²) in [6.07, 6.45) is 1.78. The first-order chi connectivity index (χ1) is 9.83. The maximum absolute atomic E-state index is 5.61. The number of nitrogens with two attached hydrogens (primary N) is 1. The van der Waals surface area contributed by atoms with Crippen molar-refractivity contribution in [3.05, 3.63) is 71.3 Å². The molecule has 2 aromatic rings. The van der Waals surface area contributed by atoms with E-state index >= 15 is 0 Å². The lowest BCUT2D eigenvalue weighted by molar-refractivity contribution is 1.02. The lowest BCUT2D eigenvalue weighted by atomic mass is 10.0. The Morgan fingerprint density at radius 2 is 1.65 bits per heavy atom. The van der Waals surface area contributed by atoms with Gasteiger partial charge in [-0.15, -0.1) is 0 Å². The summed E-state index contributed by atoms with van der Waals surface area (Å²) in [6.45, 7) is 4.01. The molecule has 0 saturated carbocycles. The molecule has 0 bridgehead atoms.